The van der Waals surface area contributed by atoms with E-state index in [1.165, 1.54) is 11.6 Å². The number of carbonyl (C=O) groups excluding carboxylic acids is 2. The van der Waals surface area contributed by atoms with E-state index < -0.39 is 11.6 Å². The van der Waals surface area contributed by atoms with E-state index >= 15 is 0 Å². The fourth-order valence-corrected chi connectivity index (χ4v) is 5.98. The number of hydrogen-bond donors (Lipinski definition) is 0. The fourth-order valence-electron chi connectivity index (χ4n) is 5.98. The third-order valence-electron chi connectivity index (χ3n) is 8.37. The lowest BCUT2D eigenvalue weighted by Gasteiger charge is -2.31. The van der Waals surface area contributed by atoms with Crippen LogP contribution in [0.4, 0.5) is 8.78 Å². The van der Waals surface area contributed by atoms with E-state index in [1.54, 1.807) is 19.9 Å². The van der Waals surface area contributed by atoms with Gasteiger partial charge in [-0.15, -0.1) is 12.3 Å². The second-order valence-corrected chi connectivity index (χ2v) is 12.5. The Morgan fingerprint density at radius 2 is 1.63 bits per heavy atom. The Morgan fingerprint density at radius 1 is 1.00 bits per heavy atom. The van der Waals surface area contributed by atoms with Gasteiger partial charge in [-0.1, -0.05) is 63.6 Å². The third-order valence-corrected chi connectivity index (χ3v) is 8.37. The van der Waals surface area contributed by atoms with Crippen LogP contribution in [-0.2, 0) is 4.79 Å². The molecule has 1 heterocycles. The van der Waals surface area contributed by atoms with Gasteiger partial charge in [0.1, 0.15) is 17.9 Å². The minimum absolute atomic E-state index is 0. The van der Waals surface area contributed by atoms with Gasteiger partial charge in [0.25, 0.3) is 0 Å². The van der Waals surface area contributed by atoms with E-state index in [2.05, 4.69) is 50.7 Å². The molecule has 43 heavy (non-hydrogen) atoms. The first-order valence-corrected chi connectivity index (χ1v) is 15.2. The van der Waals surface area contributed by atoms with Crippen molar-refractivity contribution in [2.24, 2.45) is 5.92 Å². The predicted molar refractivity (Wildman–Crippen MR) is 180 cm³/mol. The molecule has 5 heteroatoms. The fraction of sp³-hybridized carbons (Fsp3) is 0.526. The molecular formula is C38H55F2NO2. The van der Waals surface area contributed by atoms with Crippen LogP contribution in [0.5, 0.6) is 0 Å². The second-order valence-electron chi connectivity index (χ2n) is 12.5. The monoisotopic (exact) mass is 595 g/mol. The number of rotatable bonds is 5. The second kappa shape index (κ2) is 18.5. The summed E-state index contributed by atoms with van der Waals surface area (Å²) < 4.78 is 26.5. The number of nitrogens with zero attached hydrogens (tertiary/aromatic N) is 1. The maximum Gasteiger partial charge on any atom is 0.160 e. The molecule has 2 aliphatic rings. The first-order valence-electron chi connectivity index (χ1n) is 15.2. The summed E-state index contributed by atoms with van der Waals surface area (Å²) in [4.78, 5) is 25.4. The zero-order valence-electron chi connectivity index (χ0n) is 26.2. The van der Waals surface area contributed by atoms with E-state index in [1.807, 2.05) is 18.2 Å². The van der Waals surface area contributed by atoms with Crippen molar-refractivity contribution < 1.29 is 19.8 Å². The molecule has 2 aromatic rings. The lowest BCUT2D eigenvalue weighted by Crippen LogP contribution is -2.39. The molecule has 4 rings (SSSR count). The van der Waals surface area contributed by atoms with Crippen LogP contribution in [-0.4, -0.2) is 35.6 Å². The van der Waals surface area contributed by atoms with Crippen molar-refractivity contribution >= 4 is 18.1 Å². The number of carbonyl (C=O) groups is 2. The highest BCUT2D eigenvalue weighted by molar-refractivity contribution is 5.96. The first-order chi connectivity index (χ1) is 19.9. The van der Waals surface area contributed by atoms with Crippen LogP contribution in [0.2, 0.25) is 0 Å². The Morgan fingerprint density at radius 3 is 2.19 bits per heavy atom. The van der Waals surface area contributed by atoms with Crippen molar-refractivity contribution in [3.8, 4) is 12.3 Å². The Kier molecular flexibility index (Phi) is 16.4. The van der Waals surface area contributed by atoms with Gasteiger partial charge in [-0.05, 0) is 102 Å². The van der Waals surface area contributed by atoms with Gasteiger partial charge in [-0.3, -0.25) is 9.69 Å². The van der Waals surface area contributed by atoms with Crippen LogP contribution in [0.25, 0.3) is 6.08 Å². The van der Waals surface area contributed by atoms with Gasteiger partial charge in [-0.25, -0.2) is 8.78 Å². The Labute approximate surface area is 261 Å². The summed E-state index contributed by atoms with van der Waals surface area (Å²) >= 11 is 0. The van der Waals surface area contributed by atoms with Gasteiger partial charge < -0.3 is 4.79 Å². The summed E-state index contributed by atoms with van der Waals surface area (Å²) in [5.41, 5.74) is 3.87. The zero-order valence-corrected chi connectivity index (χ0v) is 26.2. The molecule has 1 aliphatic carbocycles. The van der Waals surface area contributed by atoms with Gasteiger partial charge >= 0.3 is 0 Å². The molecule has 2 unspecified atom stereocenters. The first kappa shape index (κ1) is 37.9. The molecule has 0 radical (unpaired) electrons. The average Bonchev–Trinajstić information content (AvgIpc) is 3.47. The van der Waals surface area contributed by atoms with Crippen molar-refractivity contribution in [2.45, 2.75) is 111 Å². The summed E-state index contributed by atoms with van der Waals surface area (Å²) in [5, 5.41) is 0. The molecular weight excluding hydrogens is 540 g/mol. The molecule has 0 spiro atoms. The van der Waals surface area contributed by atoms with Crippen LogP contribution in [0, 0.1) is 29.9 Å². The van der Waals surface area contributed by atoms with Crippen molar-refractivity contribution in [2.75, 3.05) is 13.1 Å². The molecule has 0 bridgehead atoms. The number of aldehydes is 1. The average molecular weight is 596 g/mol. The van der Waals surface area contributed by atoms with Crippen LogP contribution in [0.15, 0.2) is 43.0 Å². The number of likely N-dealkylation sites (tertiary alicyclic amines) is 1. The molecule has 0 aromatic heterocycles. The number of terminal acetylenes is 1. The lowest BCUT2D eigenvalue weighted by atomic mass is 9.84. The van der Waals surface area contributed by atoms with E-state index in [4.69, 9.17) is 0 Å². The molecule has 1 saturated heterocycles. The van der Waals surface area contributed by atoms with Crippen molar-refractivity contribution in [1.82, 2.24) is 4.90 Å². The molecule has 2 aromatic carbocycles. The standard InChI is InChI=1S/C20H26O2.C14H19F2N.C3H4.CH4.H2/c1-3-16-11-12-19(15(2)22)20(13-16)18-9-5-4-7-17(14-21)8-6-10-18;1-14(2,3)17-7-6-10(9-17)12-5-4-11(15)8-13(12)16;1-3-2;;/h3,11-14,17-18H,1,4-10H2,2H3;4-5,8,10H,6-7,9H2,1-3H3;1H,2H3;1H4;1H/t;10-;;;/m.0.../s1. The summed E-state index contributed by atoms with van der Waals surface area (Å²) in [5.74, 6) is 2.31. The topological polar surface area (TPSA) is 37.4 Å². The highest BCUT2D eigenvalue weighted by Gasteiger charge is 2.32. The van der Waals surface area contributed by atoms with Gasteiger partial charge in [0.15, 0.2) is 5.78 Å². The Hall–Kier alpha value is -3.10. The quantitative estimate of drug-likeness (QED) is 0.196. The molecule has 238 valence electrons. The largest absolute Gasteiger partial charge is 0.303 e. The Bertz CT molecular complexity index is 1230. The van der Waals surface area contributed by atoms with Gasteiger partial charge in [0, 0.05) is 37.0 Å². The van der Waals surface area contributed by atoms with Crippen LogP contribution in [0.3, 0.4) is 0 Å². The Balaban J connectivity index is 0.000000757. The summed E-state index contributed by atoms with van der Waals surface area (Å²) in [6.45, 7) is 15.5. The lowest BCUT2D eigenvalue weighted by molar-refractivity contribution is -0.111. The highest BCUT2D eigenvalue weighted by Crippen LogP contribution is 2.35. The molecule has 0 amide bonds. The molecule has 1 aliphatic heterocycles. The van der Waals surface area contributed by atoms with Gasteiger partial charge in [0.05, 0.1) is 0 Å². The normalized spacial score (nSPS) is 20.7. The van der Waals surface area contributed by atoms with Crippen LogP contribution >= 0.6 is 0 Å². The minimum atomic E-state index is -0.503. The maximum atomic E-state index is 13.7. The minimum Gasteiger partial charge on any atom is -0.303 e. The summed E-state index contributed by atoms with van der Waals surface area (Å²) in [7, 11) is 0. The summed E-state index contributed by atoms with van der Waals surface area (Å²) in [6.07, 6.45) is 16.0. The molecule has 3 atom stereocenters. The van der Waals surface area contributed by atoms with Crippen molar-refractivity contribution in [1.29, 1.82) is 0 Å². The van der Waals surface area contributed by atoms with E-state index in [9.17, 15) is 18.4 Å². The molecule has 0 N–H and O–H groups in total. The van der Waals surface area contributed by atoms with Crippen molar-refractivity contribution in [3.05, 3.63) is 76.9 Å². The zero-order chi connectivity index (χ0) is 31.3. The number of ketones is 1. The third kappa shape index (κ3) is 11.8. The number of halogens is 2. The molecule has 2 fully saturated rings. The van der Waals surface area contributed by atoms with Crippen LogP contribution in [0.1, 0.15) is 134 Å². The van der Waals surface area contributed by atoms with E-state index in [0.717, 1.165) is 87.9 Å². The van der Waals surface area contributed by atoms with Crippen molar-refractivity contribution in [3.63, 3.8) is 0 Å². The number of hydrogen-bond acceptors (Lipinski definition) is 3. The van der Waals surface area contributed by atoms with Gasteiger partial charge in [-0.2, -0.15) is 0 Å². The smallest absolute Gasteiger partial charge is 0.160 e. The SMILES string of the molecule is C.C#CC.C=Cc1ccc(C(C)=O)c(C2CCCCC(C=O)CCC2)c1.CC(C)(C)N1CC[C@H](c2ccc(F)cc2F)C1.[HH]. The highest BCUT2D eigenvalue weighted by atomic mass is 19.1. The predicted octanol–water partition coefficient (Wildman–Crippen LogP) is 10.2. The van der Waals surface area contributed by atoms with E-state index in [0.29, 0.717) is 11.5 Å². The molecule has 1 saturated carbocycles. The molecule has 3 nitrogen and oxygen atoms in total. The van der Waals surface area contributed by atoms with E-state index in [-0.39, 0.29) is 32.0 Å². The van der Waals surface area contributed by atoms with Gasteiger partial charge in [0.2, 0.25) is 0 Å². The number of benzene rings is 2. The number of Topliss-reactive ketones (excluding diaryl/α,β-unsaturated/α-hetero) is 1. The summed E-state index contributed by atoms with van der Waals surface area (Å²) in [6, 6.07) is 9.94. The maximum absolute atomic E-state index is 13.7. The van der Waals surface area contributed by atoms with Crippen LogP contribution < -0.4 is 0 Å².